The molecule has 1 heterocycles. The minimum absolute atomic E-state index is 0.110. The van der Waals surface area contributed by atoms with Crippen molar-refractivity contribution >= 4 is 55.9 Å². The molecule has 0 saturated heterocycles. The van der Waals surface area contributed by atoms with E-state index >= 15 is 0 Å². The summed E-state index contributed by atoms with van der Waals surface area (Å²) in [6.45, 7) is 9.49. The Kier molecular flexibility index (Phi) is 5.58. The monoisotopic (exact) mass is 433 g/mol. The molecule has 16 heavy (non-hydrogen) atoms. The summed E-state index contributed by atoms with van der Waals surface area (Å²) in [5, 5.41) is 0. The standard InChI is InChI=1S/C10H18Br3NOSi/c1-16(2,3)5-4-15-8-14-7-10(12,13)6-9(14)11/h6H,4-5,7-8H2,1-3H3. The fourth-order valence-electron chi connectivity index (χ4n) is 1.30. The second kappa shape index (κ2) is 5.86. The number of hydrogen-bond acceptors (Lipinski definition) is 2. The van der Waals surface area contributed by atoms with Crippen LogP contribution in [0, 0.1) is 0 Å². The Labute approximate surface area is 124 Å². The van der Waals surface area contributed by atoms with Crippen LogP contribution >= 0.6 is 47.8 Å². The Hall–Kier alpha value is 1.16. The fraction of sp³-hybridized carbons (Fsp3) is 0.800. The van der Waals surface area contributed by atoms with Crippen LogP contribution < -0.4 is 0 Å². The molecule has 0 unspecified atom stereocenters. The highest BCUT2D eigenvalue weighted by molar-refractivity contribution is 9.25. The van der Waals surface area contributed by atoms with Crippen molar-refractivity contribution in [2.45, 2.75) is 28.9 Å². The summed E-state index contributed by atoms with van der Waals surface area (Å²) in [5.41, 5.74) is 0. The Balaban J connectivity index is 2.23. The van der Waals surface area contributed by atoms with Crippen molar-refractivity contribution in [3.05, 3.63) is 10.7 Å². The van der Waals surface area contributed by atoms with Crippen molar-refractivity contribution in [2.75, 3.05) is 19.9 Å². The Bertz CT molecular complexity index is 276. The first-order valence-electron chi connectivity index (χ1n) is 5.28. The highest BCUT2D eigenvalue weighted by Gasteiger charge is 2.31. The van der Waals surface area contributed by atoms with Crippen LogP contribution in [0.1, 0.15) is 0 Å². The molecule has 1 aliphatic heterocycles. The van der Waals surface area contributed by atoms with Gasteiger partial charge in [-0.1, -0.05) is 51.5 Å². The fourth-order valence-corrected chi connectivity index (χ4v) is 4.33. The van der Waals surface area contributed by atoms with E-state index in [1.54, 1.807) is 0 Å². The molecule has 0 N–H and O–H groups in total. The van der Waals surface area contributed by atoms with E-state index in [9.17, 15) is 0 Å². The molecule has 6 heteroatoms. The van der Waals surface area contributed by atoms with Crippen LogP contribution in [0.3, 0.4) is 0 Å². The number of rotatable bonds is 5. The van der Waals surface area contributed by atoms with Gasteiger partial charge >= 0.3 is 0 Å². The van der Waals surface area contributed by atoms with Crippen molar-refractivity contribution in [1.82, 2.24) is 4.90 Å². The summed E-state index contributed by atoms with van der Waals surface area (Å²) >= 11 is 10.7. The van der Waals surface area contributed by atoms with Crippen LogP contribution in [-0.4, -0.2) is 36.1 Å². The lowest BCUT2D eigenvalue weighted by atomic mass is 10.5. The summed E-state index contributed by atoms with van der Waals surface area (Å²) in [5.74, 6) is 0. The summed E-state index contributed by atoms with van der Waals surface area (Å²) in [7, 11) is -0.968. The zero-order chi connectivity index (χ0) is 12.4. The zero-order valence-electron chi connectivity index (χ0n) is 9.90. The van der Waals surface area contributed by atoms with Crippen LogP contribution in [0.2, 0.25) is 25.7 Å². The Morgan fingerprint density at radius 1 is 1.44 bits per heavy atom. The smallest absolute Gasteiger partial charge is 0.119 e. The molecule has 1 rings (SSSR count). The molecular formula is C10H18Br3NOSi. The molecule has 0 aliphatic carbocycles. The van der Waals surface area contributed by atoms with Gasteiger partial charge in [0.05, 0.1) is 4.61 Å². The van der Waals surface area contributed by atoms with Crippen LogP contribution in [0.15, 0.2) is 10.7 Å². The maximum atomic E-state index is 5.71. The van der Waals surface area contributed by atoms with E-state index in [1.807, 2.05) is 0 Å². The lowest BCUT2D eigenvalue weighted by molar-refractivity contribution is 0.0654. The topological polar surface area (TPSA) is 12.5 Å². The van der Waals surface area contributed by atoms with Gasteiger partial charge in [-0.3, -0.25) is 0 Å². The second-order valence-electron chi connectivity index (χ2n) is 5.27. The van der Waals surface area contributed by atoms with Gasteiger partial charge in [0, 0.05) is 21.2 Å². The molecule has 0 aromatic carbocycles. The summed E-state index contributed by atoms with van der Waals surface area (Å²) in [4.78, 5) is 2.16. The molecule has 0 aromatic rings. The predicted molar refractivity (Wildman–Crippen MR) is 83.3 cm³/mol. The first-order valence-corrected chi connectivity index (χ1v) is 11.4. The number of alkyl halides is 2. The van der Waals surface area contributed by atoms with Gasteiger partial charge in [-0.2, -0.15) is 0 Å². The van der Waals surface area contributed by atoms with Gasteiger partial charge in [0.15, 0.2) is 0 Å². The maximum absolute atomic E-state index is 5.71. The largest absolute Gasteiger partial charge is 0.361 e. The molecule has 0 radical (unpaired) electrons. The van der Waals surface area contributed by atoms with Crippen LogP contribution in [0.25, 0.3) is 0 Å². The third kappa shape index (κ3) is 5.66. The average molecular weight is 436 g/mol. The Morgan fingerprint density at radius 3 is 2.50 bits per heavy atom. The summed E-state index contributed by atoms with van der Waals surface area (Å²) < 4.78 is 6.67. The van der Waals surface area contributed by atoms with E-state index < -0.39 is 8.07 Å². The van der Waals surface area contributed by atoms with E-state index in [2.05, 4.69) is 78.4 Å². The lowest BCUT2D eigenvalue weighted by Gasteiger charge is -2.22. The van der Waals surface area contributed by atoms with E-state index in [0.29, 0.717) is 6.73 Å². The minimum Gasteiger partial charge on any atom is -0.361 e. The number of nitrogens with zero attached hydrogens (tertiary/aromatic N) is 1. The van der Waals surface area contributed by atoms with Crippen LogP contribution in [0.5, 0.6) is 0 Å². The van der Waals surface area contributed by atoms with Crippen molar-refractivity contribution in [1.29, 1.82) is 0 Å². The minimum atomic E-state index is -0.968. The van der Waals surface area contributed by atoms with Crippen molar-refractivity contribution in [3.63, 3.8) is 0 Å². The number of hydrogen-bond donors (Lipinski definition) is 0. The van der Waals surface area contributed by atoms with E-state index in [4.69, 9.17) is 4.74 Å². The molecular weight excluding hydrogens is 418 g/mol. The first kappa shape index (κ1) is 15.2. The Morgan fingerprint density at radius 2 is 2.06 bits per heavy atom. The van der Waals surface area contributed by atoms with Crippen molar-refractivity contribution in [2.24, 2.45) is 0 Å². The van der Waals surface area contributed by atoms with Gasteiger partial charge in [0.2, 0.25) is 0 Å². The van der Waals surface area contributed by atoms with Gasteiger partial charge < -0.3 is 9.64 Å². The SMILES string of the molecule is C[Si](C)(C)CCOCN1CC(Br)(Br)C=C1Br. The van der Waals surface area contributed by atoms with E-state index in [-0.39, 0.29) is 3.23 Å². The van der Waals surface area contributed by atoms with E-state index in [1.165, 1.54) is 6.04 Å². The van der Waals surface area contributed by atoms with Crippen molar-refractivity contribution < 1.29 is 4.74 Å². The quantitative estimate of drug-likeness (QED) is 0.276. The molecule has 2 nitrogen and oxygen atoms in total. The molecule has 0 amide bonds. The van der Waals surface area contributed by atoms with E-state index in [0.717, 1.165) is 17.8 Å². The lowest BCUT2D eigenvalue weighted by Crippen LogP contribution is -2.28. The molecule has 0 spiro atoms. The van der Waals surface area contributed by atoms with Gasteiger partial charge in [-0.15, -0.1) is 0 Å². The zero-order valence-corrected chi connectivity index (χ0v) is 15.7. The molecule has 0 aromatic heterocycles. The molecule has 0 saturated carbocycles. The van der Waals surface area contributed by atoms with Gasteiger partial charge in [-0.25, -0.2) is 0 Å². The molecule has 0 bridgehead atoms. The van der Waals surface area contributed by atoms with Crippen LogP contribution in [0.4, 0.5) is 0 Å². The third-order valence-corrected chi connectivity index (χ3v) is 5.67. The van der Waals surface area contributed by atoms with Crippen LogP contribution in [-0.2, 0) is 4.74 Å². The normalized spacial score (nSPS) is 20.1. The third-order valence-electron chi connectivity index (χ3n) is 2.28. The number of ether oxygens (including phenoxy) is 1. The predicted octanol–water partition coefficient (Wildman–Crippen LogP) is 4.34. The summed E-state index contributed by atoms with van der Waals surface area (Å²) in [6.07, 6.45) is 2.09. The average Bonchev–Trinajstić information content (AvgIpc) is 2.32. The van der Waals surface area contributed by atoms with Gasteiger partial charge in [0.1, 0.15) is 9.96 Å². The second-order valence-corrected chi connectivity index (χ2v) is 15.6. The molecule has 94 valence electrons. The molecule has 0 fully saturated rings. The highest BCUT2D eigenvalue weighted by atomic mass is 79.9. The number of halogens is 3. The molecule has 0 atom stereocenters. The highest BCUT2D eigenvalue weighted by Crippen LogP contribution is 2.38. The first-order chi connectivity index (χ1) is 7.20. The van der Waals surface area contributed by atoms with Gasteiger partial charge in [-0.05, 0) is 28.1 Å². The van der Waals surface area contributed by atoms with Gasteiger partial charge in [0.25, 0.3) is 0 Å². The van der Waals surface area contributed by atoms with Crippen molar-refractivity contribution in [3.8, 4) is 0 Å². The summed E-state index contributed by atoms with van der Waals surface area (Å²) in [6, 6.07) is 1.22. The maximum Gasteiger partial charge on any atom is 0.119 e. The molecule has 1 aliphatic rings.